The molecule has 0 saturated heterocycles. The van der Waals surface area contributed by atoms with E-state index in [2.05, 4.69) is 27.6 Å². The molecule has 1 aromatic heterocycles. The fourth-order valence-corrected chi connectivity index (χ4v) is 3.28. The molecule has 0 aliphatic heterocycles. The van der Waals surface area contributed by atoms with Gasteiger partial charge < -0.3 is 9.73 Å². The van der Waals surface area contributed by atoms with Crippen molar-refractivity contribution in [3.63, 3.8) is 0 Å². The Bertz CT molecular complexity index is 1120. The van der Waals surface area contributed by atoms with Crippen molar-refractivity contribution in [3.05, 3.63) is 95.3 Å². The first kappa shape index (κ1) is 19.9. The SMILES string of the molecule is O=C(CCc1nnc(-c2ccc(-c3ccccc3)cc2)o1)NCc1cccc(Cl)c1. The predicted molar refractivity (Wildman–Crippen MR) is 117 cm³/mol. The van der Waals surface area contributed by atoms with E-state index in [0.717, 1.165) is 22.3 Å². The van der Waals surface area contributed by atoms with Crippen LogP contribution in [-0.2, 0) is 17.8 Å². The second-order valence-electron chi connectivity index (χ2n) is 6.85. The Morgan fingerprint density at radius 1 is 0.867 bits per heavy atom. The first-order chi connectivity index (χ1) is 14.7. The third-order valence-corrected chi connectivity index (χ3v) is 4.89. The van der Waals surface area contributed by atoms with Crippen LogP contribution < -0.4 is 5.32 Å². The molecule has 1 heterocycles. The largest absolute Gasteiger partial charge is 0.421 e. The molecule has 1 amide bonds. The summed E-state index contributed by atoms with van der Waals surface area (Å²) in [6.45, 7) is 0.433. The second-order valence-corrected chi connectivity index (χ2v) is 7.29. The van der Waals surface area contributed by atoms with Gasteiger partial charge in [0.05, 0.1) is 0 Å². The third kappa shape index (κ3) is 5.13. The van der Waals surface area contributed by atoms with E-state index in [4.69, 9.17) is 16.0 Å². The molecule has 0 fully saturated rings. The van der Waals surface area contributed by atoms with Crippen LogP contribution in [0.2, 0.25) is 5.02 Å². The summed E-state index contributed by atoms with van der Waals surface area (Å²) in [5.41, 5.74) is 4.07. The molecule has 0 bridgehead atoms. The molecule has 3 aromatic carbocycles. The van der Waals surface area contributed by atoms with E-state index in [1.165, 1.54) is 0 Å². The quantitative estimate of drug-likeness (QED) is 0.442. The van der Waals surface area contributed by atoms with Crippen LogP contribution in [0.5, 0.6) is 0 Å². The highest BCUT2D eigenvalue weighted by atomic mass is 35.5. The van der Waals surface area contributed by atoms with Crippen molar-refractivity contribution < 1.29 is 9.21 Å². The van der Waals surface area contributed by atoms with Gasteiger partial charge in [-0.3, -0.25) is 4.79 Å². The van der Waals surface area contributed by atoms with Crippen molar-refractivity contribution in [3.8, 4) is 22.6 Å². The number of aryl methyl sites for hydroxylation is 1. The smallest absolute Gasteiger partial charge is 0.247 e. The number of amides is 1. The molecule has 1 N–H and O–H groups in total. The van der Waals surface area contributed by atoms with E-state index < -0.39 is 0 Å². The van der Waals surface area contributed by atoms with Crippen molar-refractivity contribution in [2.75, 3.05) is 0 Å². The topological polar surface area (TPSA) is 68.0 Å². The zero-order chi connectivity index (χ0) is 20.8. The molecule has 0 atom stereocenters. The Labute approximate surface area is 179 Å². The molecule has 0 radical (unpaired) electrons. The molecule has 30 heavy (non-hydrogen) atoms. The Morgan fingerprint density at radius 2 is 1.60 bits per heavy atom. The van der Waals surface area contributed by atoms with Crippen LogP contribution in [0.15, 0.2) is 83.3 Å². The lowest BCUT2D eigenvalue weighted by atomic mass is 10.0. The van der Waals surface area contributed by atoms with Crippen LogP contribution in [0.1, 0.15) is 17.9 Å². The summed E-state index contributed by atoms with van der Waals surface area (Å²) in [5, 5.41) is 11.7. The van der Waals surface area contributed by atoms with E-state index in [1.54, 1.807) is 6.07 Å². The van der Waals surface area contributed by atoms with E-state index in [-0.39, 0.29) is 12.3 Å². The van der Waals surface area contributed by atoms with Gasteiger partial charge in [0.25, 0.3) is 0 Å². The van der Waals surface area contributed by atoms with Crippen LogP contribution in [0.25, 0.3) is 22.6 Å². The maximum atomic E-state index is 12.1. The summed E-state index contributed by atoms with van der Waals surface area (Å²) in [5.74, 6) is 0.806. The second kappa shape index (κ2) is 9.37. The zero-order valence-electron chi connectivity index (χ0n) is 16.2. The number of nitrogens with one attached hydrogen (secondary N) is 1. The number of benzene rings is 3. The van der Waals surface area contributed by atoms with Gasteiger partial charge in [-0.25, -0.2) is 0 Å². The van der Waals surface area contributed by atoms with Gasteiger partial charge in [0.2, 0.25) is 17.7 Å². The summed E-state index contributed by atoms with van der Waals surface area (Å²) < 4.78 is 5.72. The van der Waals surface area contributed by atoms with Gasteiger partial charge in [-0.15, -0.1) is 10.2 Å². The lowest BCUT2D eigenvalue weighted by molar-refractivity contribution is -0.121. The molecule has 6 heteroatoms. The number of hydrogen-bond acceptors (Lipinski definition) is 4. The van der Waals surface area contributed by atoms with Gasteiger partial charge >= 0.3 is 0 Å². The van der Waals surface area contributed by atoms with Crippen molar-refractivity contribution in [1.82, 2.24) is 15.5 Å². The number of nitrogens with zero attached hydrogens (tertiary/aromatic N) is 2. The average molecular weight is 418 g/mol. The molecule has 5 nitrogen and oxygen atoms in total. The molecule has 4 rings (SSSR count). The summed E-state index contributed by atoms with van der Waals surface area (Å²) in [7, 11) is 0. The summed E-state index contributed by atoms with van der Waals surface area (Å²) >= 11 is 5.95. The number of halogens is 1. The predicted octanol–water partition coefficient (Wildman–Crippen LogP) is 5.31. The maximum absolute atomic E-state index is 12.1. The van der Waals surface area contributed by atoms with Crippen molar-refractivity contribution in [1.29, 1.82) is 0 Å². The molecule has 150 valence electrons. The van der Waals surface area contributed by atoms with Crippen molar-refractivity contribution in [2.45, 2.75) is 19.4 Å². The summed E-state index contributed by atoms with van der Waals surface area (Å²) in [6, 6.07) is 25.5. The monoisotopic (exact) mass is 417 g/mol. The maximum Gasteiger partial charge on any atom is 0.247 e. The van der Waals surface area contributed by atoms with Crippen LogP contribution in [0, 0.1) is 0 Å². The minimum atomic E-state index is -0.0815. The highest BCUT2D eigenvalue weighted by molar-refractivity contribution is 6.30. The average Bonchev–Trinajstić information content (AvgIpc) is 3.26. The van der Waals surface area contributed by atoms with Crippen LogP contribution >= 0.6 is 11.6 Å². The third-order valence-electron chi connectivity index (χ3n) is 4.65. The van der Waals surface area contributed by atoms with E-state index in [9.17, 15) is 4.79 Å². The summed E-state index contributed by atoms with van der Waals surface area (Å²) in [6.07, 6.45) is 0.658. The van der Waals surface area contributed by atoms with Crippen LogP contribution in [0.3, 0.4) is 0 Å². The van der Waals surface area contributed by atoms with E-state index in [1.807, 2.05) is 60.7 Å². The Hall–Kier alpha value is -3.44. The van der Waals surface area contributed by atoms with Crippen LogP contribution in [-0.4, -0.2) is 16.1 Å². The molecular weight excluding hydrogens is 398 g/mol. The lowest BCUT2D eigenvalue weighted by Gasteiger charge is -2.04. The fourth-order valence-electron chi connectivity index (χ4n) is 3.06. The Morgan fingerprint density at radius 3 is 2.37 bits per heavy atom. The normalized spacial score (nSPS) is 10.7. The minimum Gasteiger partial charge on any atom is -0.421 e. The van der Waals surface area contributed by atoms with Gasteiger partial charge in [-0.2, -0.15) is 0 Å². The highest BCUT2D eigenvalue weighted by Gasteiger charge is 2.11. The lowest BCUT2D eigenvalue weighted by Crippen LogP contribution is -2.23. The molecule has 0 saturated carbocycles. The van der Waals surface area contributed by atoms with Gasteiger partial charge in [0.1, 0.15) is 0 Å². The number of aromatic nitrogens is 2. The minimum absolute atomic E-state index is 0.0815. The number of carbonyl (C=O) groups excluding carboxylic acids is 1. The fraction of sp³-hybridized carbons (Fsp3) is 0.125. The Kier molecular flexibility index (Phi) is 6.20. The van der Waals surface area contributed by atoms with Crippen molar-refractivity contribution in [2.24, 2.45) is 0 Å². The molecular formula is C24H20ClN3O2. The van der Waals surface area contributed by atoms with Crippen LogP contribution in [0.4, 0.5) is 0 Å². The van der Waals surface area contributed by atoms with E-state index >= 15 is 0 Å². The van der Waals surface area contributed by atoms with Gasteiger partial charge in [-0.1, -0.05) is 66.2 Å². The number of rotatable bonds is 7. The van der Waals surface area contributed by atoms with E-state index in [0.29, 0.717) is 29.8 Å². The van der Waals surface area contributed by atoms with Gasteiger partial charge in [0.15, 0.2) is 0 Å². The first-order valence-corrected chi connectivity index (χ1v) is 10.0. The Balaban J connectivity index is 1.31. The number of hydrogen-bond donors (Lipinski definition) is 1. The highest BCUT2D eigenvalue weighted by Crippen LogP contribution is 2.24. The first-order valence-electron chi connectivity index (χ1n) is 9.67. The van der Waals surface area contributed by atoms with Crippen molar-refractivity contribution >= 4 is 17.5 Å². The molecule has 0 aliphatic carbocycles. The molecule has 0 aliphatic rings. The van der Waals surface area contributed by atoms with Gasteiger partial charge in [0, 0.05) is 30.0 Å². The molecule has 0 unspecified atom stereocenters. The standard InChI is InChI=1S/C24H20ClN3O2/c25-21-8-4-5-17(15-21)16-26-22(29)13-14-23-27-28-24(30-23)20-11-9-19(10-12-20)18-6-2-1-3-7-18/h1-12,15H,13-14,16H2,(H,26,29). The summed E-state index contributed by atoms with van der Waals surface area (Å²) in [4.78, 5) is 12.1. The van der Waals surface area contributed by atoms with Gasteiger partial charge in [-0.05, 0) is 41.0 Å². The molecule has 4 aromatic rings. The zero-order valence-corrected chi connectivity index (χ0v) is 17.0. The molecule has 0 spiro atoms. The number of carbonyl (C=O) groups is 1.